The summed E-state index contributed by atoms with van der Waals surface area (Å²) in [6, 6.07) is 0.776. The van der Waals surface area contributed by atoms with Crippen LogP contribution in [0.4, 0.5) is 0 Å². The van der Waals surface area contributed by atoms with Crippen LogP contribution in [0, 0.1) is 0 Å². The van der Waals surface area contributed by atoms with Crippen molar-refractivity contribution in [3.63, 3.8) is 0 Å². The molecule has 2 heterocycles. The molecule has 0 radical (unpaired) electrons. The fraction of sp³-hybridized carbons (Fsp3) is 0.583. The summed E-state index contributed by atoms with van der Waals surface area (Å²) >= 11 is 5.66. The average molecular weight is 267 g/mol. The molecule has 0 unspecified atom stereocenters. The Labute approximate surface area is 111 Å². The van der Waals surface area contributed by atoms with Gasteiger partial charge < -0.3 is 4.90 Å². The summed E-state index contributed by atoms with van der Waals surface area (Å²) in [7, 11) is 0. The molecule has 1 aliphatic carbocycles. The molecule has 1 aromatic rings. The maximum absolute atomic E-state index is 12.2. The van der Waals surface area contributed by atoms with Gasteiger partial charge in [0.15, 0.2) is 0 Å². The molecule has 0 N–H and O–H groups in total. The first-order valence-corrected chi connectivity index (χ1v) is 6.63. The number of hydrogen-bond donors (Lipinski definition) is 0. The molecule has 1 saturated heterocycles. The maximum Gasteiger partial charge on any atom is 0.274 e. The van der Waals surface area contributed by atoms with Crippen molar-refractivity contribution in [1.82, 2.24) is 19.8 Å². The van der Waals surface area contributed by atoms with Gasteiger partial charge in [-0.2, -0.15) is 0 Å². The van der Waals surface area contributed by atoms with Gasteiger partial charge in [-0.1, -0.05) is 11.6 Å². The van der Waals surface area contributed by atoms with Crippen molar-refractivity contribution in [3.05, 3.63) is 23.2 Å². The quantitative estimate of drug-likeness (QED) is 0.803. The van der Waals surface area contributed by atoms with Gasteiger partial charge >= 0.3 is 0 Å². The van der Waals surface area contributed by atoms with Gasteiger partial charge in [0.1, 0.15) is 10.8 Å². The van der Waals surface area contributed by atoms with Crippen molar-refractivity contribution in [2.45, 2.75) is 18.9 Å². The minimum absolute atomic E-state index is 0.0467. The van der Waals surface area contributed by atoms with E-state index in [1.807, 2.05) is 4.90 Å². The van der Waals surface area contributed by atoms with Gasteiger partial charge in [-0.15, -0.1) is 0 Å². The highest BCUT2D eigenvalue weighted by atomic mass is 35.5. The number of nitrogens with zero attached hydrogens (tertiary/aromatic N) is 4. The molecular formula is C12H15ClN4O. The van der Waals surface area contributed by atoms with Gasteiger partial charge in [0, 0.05) is 32.2 Å². The molecule has 18 heavy (non-hydrogen) atoms. The van der Waals surface area contributed by atoms with Crippen LogP contribution < -0.4 is 0 Å². The molecule has 0 atom stereocenters. The number of carbonyl (C=O) groups is 1. The van der Waals surface area contributed by atoms with Gasteiger partial charge in [0.25, 0.3) is 5.91 Å². The molecule has 3 rings (SSSR count). The fourth-order valence-corrected chi connectivity index (χ4v) is 2.41. The lowest BCUT2D eigenvalue weighted by molar-refractivity contribution is 0.0621. The Morgan fingerprint density at radius 3 is 2.44 bits per heavy atom. The highest BCUT2D eigenvalue weighted by molar-refractivity contribution is 6.29. The van der Waals surface area contributed by atoms with E-state index in [0.717, 1.165) is 32.2 Å². The standard InChI is InChI=1S/C12H15ClN4O/c13-11-8-14-10(7-15-11)12(18)17-5-3-16(4-6-17)9-1-2-9/h7-9H,1-6H2. The molecule has 96 valence electrons. The van der Waals surface area contributed by atoms with Crippen LogP contribution in [0.5, 0.6) is 0 Å². The zero-order chi connectivity index (χ0) is 12.5. The second-order valence-corrected chi connectivity index (χ2v) is 5.17. The van der Waals surface area contributed by atoms with E-state index in [9.17, 15) is 4.79 Å². The summed E-state index contributed by atoms with van der Waals surface area (Å²) in [6.07, 6.45) is 5.49. The van der Waals surface area contributed by atoms with Gasteiger partial charge in [-0.25, -0.2) is 9.97 Å². The molecule has 0 spiro atoms. The summed E-state index contributed by atoms with van der Waals surface area (Å²) in [5.41, 5.74) is 0.374. The lowest BCUT2D eigenvalue weighted by Crippen LogP contribution is -2.49. The average Bonchev–Trinajstić information content (AvgIpc) is 3.23. The van der Waals surface area contributed by atoms with E-state index < -0.39 is 0 Å². The van der Waals surface area contributed by atoms with Gasteiger partial charge in [0.05, 0.1) is 12.4 Å². The van der Waals surface area contributed by atoms with Crippen molar-refractivity contribution >= 4 is 17.5 Å². The highest BCUT2D eigenvalue weighted by Crippen LogP contribution is 2.27. The van der Waals surface area contributed by atoms with Crippen molar-refractivity contribution in [1.29, 1.82) is 0 Å². The molecule has 0 bridgehead atoms. The molecule has 5 nitrogen and oxygen atoms in total. The van der Waals surface area contributed by atoms with Crippen LogP contribution >= 0.6 is 11.6 Å². The monoisotopic (exact) mass is 266 g/mol. The van der Waals surface area contributed by atoms with Crippen molar-refractivity contribution < 1.29 is 4.79 Å². The van der Waals surface area contributed by atoms with Crippen LogP contribution in [0.25, 0.3) is 0 Å². The van der Waals surface area contributed by atoms with Crippen LogP contribution in [-0.4, -0.2) is 57.9 Å². The third-order valence-corrected chi connectivity index (χ3v) is 3.70. The smallest absolute Gasteiger partial charge is 0.274 e. The normalized spacial score (nSPS) is 21.1. The van der Waals surface area contributed by atoms with Crippen molar-refractivity contribution in [2.75, 3.05) is 26.2 Å². The zero-order valence-corrected chi connectivity index (χ0v) is 10.8. The van der Waals surface area contributed by atoms with E-state index >= 15 is 0 Å². The Kier molecular flexibility index (Phi) is 3.18. The van der Waals surface area contributed by atoms with E-state index in [1.165, 1.54) is 25.2 Å². The fourth-order valence-electron chi connectivity index (χ4n) is 2.31. The summed E-state index contributed by atoms with van der Waals surface area (Å²) in [5, 5.41) is 0.310. The van der Waals surface area contributed by atoms with E-state index in [1.54, 1.807) is 0 Å². The summed E-state index contributed by atoms with van der Waals surface area (Å²) in [4.78, 5) is 24.4. The first-order valence-electron chi connectivity index (χ1n) is 6.25. The largest absolute Gasteiger partial charge is 0.335 e. The molecule has 1 amide bonds. The molecule has 1 aromatic heterocycles. The second kappa shape index (κ2) is 4.82. The first-order chi connectivity index (χ1) is 8.74. The SMILES string of the molecule is O=C(c1cnc(Cl)cn1)N1CCN(C2CC2)CC1. The van der Waals surface area contributed by atoms with Crippen LogP contribution in [-0.2, 0) is 0 Å². The van der Waals surface area contributed by atoms with E-state index in [0.29, 0.717) is 10.8 Å². The molecule has 0 aromatic carbocycles. The molecule has 1 saturated carbocycles. The summed E-state index contributed by atoms with van der Waals surface area (Å²) < 4.78 is 0. The lowest BCUT2D eigenvalue weighted by Gasteiger charge is -2.34. The minimum atomic E-state index is -0.0467. The predicted molar refractivity (Wildman–Crippen MR) is 67.5 cm³/mol. The molecule has 2 aliphatic rings. The Balaban J connectivity index is 1.61. The Morgan fingerprint density at radius 2 is 1.89 bits per heavy atom. The van der Waals surface area contributed by atoms with Crippen molar-refractivity contribution in [3.8, 4) is 0 Å². The molecule has 1 aliphatic heterocycles. The number of amides is 1. The minimum Gasteiger partial charge on any atom is -0.335 e. The molecule has 6 heteroatoms. The lowest BCUT2D eigenvalue weighted by atomic mass is 10.2. The number of hydrogen-bond acceptors (Lipinski definition) is 4. The van der Waals surface area contributed by atoms with Gasteiger partial charge in [-0.05, 0) is 12.8 Å². The Hall–Kier alpha value is -1.20. The number of carbonyl (C=O) groups excluding carboxylic acids is 1. The third kappa shape index (κ3) is 2.47. The van der Waals surface area contributed by atoms with Crippen LogP contribution in [0.15, 0.2) is 12.4 Å². The number of aromatic nitrogens is 2. The number of halogens is 1. The van der Waals surface area contributed by atoms with Crippen LogP contribution in [0.1, 0.15) is 23.3 Å². The van der Waals surface area contributed by atoms with Gasteiger partial charge in [-0.3, -0.25) is 9.69 Å². The van der Waals surface area contributed by atoms with E-state index in [-0.39, 0.29) is 5.91 Å². The first kappa shape index (κ1) is 11.9. The predicted octanol–water partition coefficient (Wildman–Crippen LogP) is 1.05. The second-order valence-electron chi connectivity index (χ2n) is 4.78. The number of piperazine rings is 1. The molecule has 2 fully saturated rings. The zero-order valence-electron chi connectivity index (χ0n) is 10.0. The Bertz CT molecular complexity index is 438. The molecular weight excluding hydrogens is 252 g/mol. The third-order valence-electron chi connectivity index (χ3n) is 3.50. The summed E-state index contributed by atoms with van der Waals surface area (Å²) in [5.74, 6) is -0.0467. The van der Waals surface area contributed by atoms with Gasteiger partial charge in [0.2, 0.25) is 0 Å². The summed E-state index contributed by atoms with van der Waals surface area (Å²) in [6.45, 7) is 3.49. The van der Waals surface area contributed by atoms with E-state index in [4.69, 9.17) is 11.6 Å². The van der Waals surface area contributed by atoms with Crippen LogP contribution in [0.3, 0.4) is 0 Å². The van der Waals surface area contributed by atoms with Crippen molar-refractivity contribution in [2.24, 2.45) is 0 Å². The van der Waals surface area contributed by atoms with E-state index in [2.05, 4.69) is 14.9 Å². The number of rotatable bonds is 2. The maximum atomic E-state index is 12.2. The Morgan fingerprint density at radius 1 is 1.17 bits per heavy atom. The topological polar surface area (TPSA) is 49.3 Å². The van der Waals surface area contributed by atoms with Crippen LogP contribution in [0.2, 0.25) is 5.15 Å². The highest BCUT2D eigenvalue weighted by Gasteiger charge is 2.32.